The number of hydrogen-bond acceptors (Lipinski definition) is 4. The molecule has 0 radical (unpaired) electrons. The summed E-state index contributed by atoms with van der Waals surface area (Å²) in [7, 11) is 7.69. The highest BCUT2D eigenvalue weighted by Gasteiger charge is 2.17. The summed E-state index contributed by atoms with van der Waals surface area (Å²) in [6, 6.07) is 0. The SMILES string of the molecule is CN(C)C=Nc1c2nc[nH]c2c(N=CN(C)C)c2[nH]cnc12. The van der Waals surface area contributed by atoms with Gasteiger partial charge in [0, 0.05) is 28.2 Å². The van der Waals surface area contributed by atoms with Crippen LogP contribution >= 0.6 is 0 Å². The van der Waals surface area contributed by atoms with Crippen LogP contribution in [-0.4, -0.2) is 70.6 Å². The first-order chi connectivity index (χ1) is 10.6. The largest absolute Gasteiger partial charge is 0.369 e. The normalized spacial score (nSPS) is 12.2. The van der Waals surface area contributed by atoms with Gasteiger partial charge in [-0.05, 0) is 0 Å². The van der Waals surface area contributed by atoms with Crippen LogP contribution in [0.15, 0.2) is 22.6 Å². The molecule has 2 heterocycles. The molecule has 8 heteroatoms. The van der Waals surface area contributed by atoms with Crippen molar-refractivity contribution in [2.75, 3.05) is 28.2 Å². The zero-order chi connectivity index (χ0) is 15.7. The van der Waals surface area contributed by atoms with E-state index >= 15 is 0 Å². The molecule has 0 aliphatic rings. The van der Waals surface area contributed by atoms with Gasteiger partial charge in [-0.15, -0.1) is 0 Å². The number of fused-ring (bicyclic) bond motifs is 2. The van der Waals surface area contributed by atoms with Crippen LogP contribution in [0.5, 0.6) is 0 Å². The highest BCUT2D eigenvalue weighted by Crippen LogP contribution is 2.39. The number of benzene rings is 1. The summed E-state index contributed by atoms with van der Waals surface area (Å²) in [5.74, 6) is 0. The van der Waals surface area contributed by atoms with E-state index in [4.69, 9.17) is 0 Å². The first-order valence-corrected chi connectivity index (χ1v) is 6.81. The molecule has 0 aliphatic heterocycles. The minimum atomic E-state index is 0.727. The Hall–Kier alpha value is -2.90. The summed E-state index contributed by atoms with van der Waals surface area (Å²) in [6.45, 7) is 0. The fourth-order valence-corrected chi connectivity index (χ4v) is 2.14. The maximum atomic E-state index is 4.54. The first-order valence-electron chi connectivity index (χ1n) is 6.81. The fraction of sp³-hybridized carbons (Fsp3) is 0.286. The molecule has 2 N–H and O–H groups in total. The van der Waals surface area contributed by atoms with Gasteiger partial charge in [0.05, 0.1) is 36.4 Å². The van der Waals surface area contributed by atoms with Crippen LogP contribution < -0.4 is 0 Å². The van der Waals surface area contributed by atoms with Gasteiger partial charge < -0.3 is 19.8 Å². The molecule has 3 aromatic rings. The van der Waals surface area contributed by atoms with Gasteiger partial charge in [0.2, 0.25) is 0 Å². The molecule has 0 unspecified atom stereocenters. The van der Waals surface area contributed by atoms with Crippen LogP contribution in [0.2, 0.25) is 0 Å². The molecule has 2 aromatic heterocycles. The number of rotatable bonds is 4. The minimum Gasteiger partial charge on any atom is -0.369 e. The Bertz CT molecular complexity index is 734. The van der Waals surface area contributed by atoms with Gasteiger partial charge in [-0.25, -0.2) is 20.0 Å². The molecule has 0 amide bonds. The van der Waals surface area contributed by atoms with Gasteiger partial charge in [0.1, 0.15) is 22.4 Å². The molecule has 0 atom stereocenters. The van der Waals surface area contributed by atoms with Crippen molar-refractivity contribution in [3.05, 3.63) is 12.7 Å². The van der Waals surface area contributed by atoms with Crippen molar-refractivity contribution in [2.45, 2.75) is 0 Å². The Morgan fingerprint density at radius 2 is 1.27 bits per heavy atom. The van der Waals surface area contributed by atoms with Crippen LogP contribution in [0.3, 0.4) is 0 Å². The highest BCUT2D eigenvalue weighted by molar-refractivity contribution is 6.13. The standard InChI is InChI=1S/C14H18N8/c1-21(2)7-19-13-9-11(17-5-15-9)14(20-8-22(3)4)12-10(13)16-6-18-12/h5-8H,1-4H3,(H,15,17)(H,16,18). The van der Waals surface area contributed by atoms with E-state index in [0.29, 0.717) is 0 Å². The Kier molecular flexibility index (Phi) is 3.50. The molecule has 22 heavy (non-hydrogen) atoms. The number of nitrogens with one attached hydrogen (secondary N) is 2. The maximum absolute atomic E-state index is 4.54. The monoisotopic (exact) mass is 298 g/mol. The van der Waals surface area contributed by atoms with Gasteiger partial charge in [0.15, 0.2) is 0 Å². The predicted molar refractivity (Wildman–Crippen MR) is 89.4 cm³/mol. The fourth-order valence-electron chi connectivity index (χ4n) is 2.14. The number of aliphatic imine (C=N–C) groups is 2. The molecule has 0 saturated carbocycles. The summed E-state index contributed by atoms with van der Waals surface area (Å²) in [5.41, 5.74) is 4.68. The van der Waals surface area contributed by atoms with Crippen molar-refractivity contribution >= 4 is 46.1 Å². The molecule has 0 saturated heterocycles. The summed E-state index contributed by atoms with van der Waals surface area (Å²) in [5, 5.41) is 0. The van der Waals surface area contributed by atoms with Crippen LogP contribution in [0, 0.1) is 0 Å². The lowest BCUT2D eigenvalue weighted by Crippen LogP contribution is -2.07. The minimum absolute atomic E-state index is 0.727. The molecule has 1 aromatic carbocycles. The molecule has 0 aliphatic carbocycles. The smallest absolute Gasteiger partial charge is 0.121 e. The third kappa shape index (κ3) is 2.39. The average molecular weight is 298 g/mol. The Labute approximate surface area is 127 Å². The van der Waals surface area contributed by atoms with Crippen LogP contribution in [0.1, 0.15) is 0 Å². The van der Waals surface area contributed by atoms with Crippen molar-refractivity contribution in [1.29, 1.82) is 0 Å². The molecular weight excluding hydrogens is 280 g/mol. The molecule has 0 bridgehead atoms. The number of hydrogen-bond donors (Lipinski definition) is 2. The van der Waals surface area contributed by atoms with Crippen molar-refractivity contribution in [2.24, 2.45) is 9.98 Å². The number of nitrogens with zero attached hydrogens (tertiary/aromatic N) is 6. The van der Waals surface area contributed by atoms with E-state index in [2.05, 4.69) is 29.9 Å². The summed E-state index contributed by atoms with van der Waals surface area (Å²) >= 11 is 0. The van der Waals surface area contributed by atoms with E-state index in [9.17, 15) is 0 Å². The number of H-pyrrole nitrogens is 2. The topological polar surface area (TPSA) is 88.6 Å². The Morgan fingerprint density at radius 3 is 1.73 bits per heavy atom. The van der Waals surface area contributed by atoms with E-state index in [0.717, 1.165) is 33.4 Å². The van der Waals surface area contributed by atoms with Crippen LogP contribution in [0.4, 0.5) is 11.4 Å². The van der Waals surface area contributed by atoms with Gasteiger partial charge in [-0.3, -0.25) is 0 Å². The van der Waals surface area contributed by atoms with E-state index in [1.807, 2.05) is 38.0 Å². The summed E-state index contributed by atoms with van der Waals surface area (Å²) in [4.78, 5) is 27.9. The van der Waals surface area contributed by atoms with Crippen LogP contribution in [0.25, 0.3) is 22.1 Å². The van der Waals surface area contributed by atoms with E-state index < -0.39 is 0 Å². The zero-order valence-electron chi connectivity index (χ0n) is 13.0. The van der Waals surface area contributed by atoms with Crippen molar-refractivity contribution in [1.82, 2.24) is 29.7 Å². The third-order valence-electron chi connectivity index (χ3n) is 3.04. The number of imidazole rings is 2. The van der Waals surface area contributed by atoms with Crippen molar-refractivity contribution < 1.29 is 0 Å². The van der Waals surface area contributed by atoms with E-state index in [1.165, 1.54) is 0 Å². The van der Waals surface area contributed by atoms with Crippen LogP contribution in [-0.2, 0) is 0 Å². The number of aromatic amines is 2. The first kappa shape index (κ1) is 14.1. The lowest BCUT2D eigenvalue weighted by Gasteiger charge is -2.07. The highest BCUT2D eigenvalue weighted by atomic mass is 15.1. The zero-order valence-corrected chi connectivity index (χ0v) is 13.0. The molecule has 0 fully saturated rings. The second-order valence-electron chi connectivity index (χ2n) is 5.37. The van der Waals surface area contributed by atoms with Gasteiger partial charge in [0.25, 0.3) is 0 Å². The Balaban J connectivity index is 2.31. The Morgan fingerprint density at radius 1 is 0.818 bits per heavy atom. The lowest BCUT2D eigenvalue weighted by molar-refractivity contribution is 0.643. The summed E-state index contributed by atoms with van der Waals surface area (Å²) in [6.07, 6.45) is 6.78. The molecular formula is C14H18N8. The van der Waals surface area contributed by atoms with E-state index in [1.54, 1.807) is 25.3 Å². The molecule has 0 spiro atoms. The van der Waals surface area contributed by atoms with Crippen molar-refractivity contribution in [3.63, 3.8) is 0 Å². The second-order valence-corrected chi connectivity index (χ2v) is 5.37. The average Bonchev–Trinajstić information content (AvgIpc) is 3.10. The molecule has 3 rings (SSSR count). The van der Waals surface area contributed by atoms with Crippen molar-refractivity contribution in [3.8, 4) is 0 Å². The van der Waals surface area contributed by atoms with E-state index in [-0.39, 0.29) is 0 Å². The van der Waals surface area contributed by atoms with Gasteiger partial charge in [-0.1, -0.05) is 0 Å². The quantitative estimate of drug-likeness (QED) is 0.568. The molecule has 114 valence electrons. The molecule has 8 nitrogen and oxygen atoms in total. The predicted octanol–water partition coefficient (Wildman–Crippen LogP) is 1.88. The second kappa shape index (κ2) is 5.47. The summed E-state index contributed by atoms with van der Waals surface area (Å²) < 4.78 is 0. The van der Waals surface area contributed by atoms with Gasteiger partial charge >= 0.3 is 0 Å². The van der Waals surface area contributed by atoms with Gasteiger partial charge in [-0.2, -0.15) is 0 Å². The maximum Gasteiger partial charge on any atom is 0.121 e. The lowest BCUT2D eigenvalue weighted by atomic mass is 10.2. The number of aromatic nitrogens is 4. The third-order valence-corrected chi connectivity index (χ3v) is 3.04.